The Morgan fingerprint density at radius 2 is 2.00 bits per heavy atom. The van der Waals surface area contributed by atoms with Crippen LogP contribution >= 0.6 is 0 Å². The molecule has 0 aliphatic heterocycles. The van der Waals surface area contributed by atoms with E-state index in [9.17, 15) is 4.79 Å². The Kier molecular flexibility index (Phi) is 7.25. The Morgan fingerprint density at radius 1 is 1.29 bits per heavy atom. The van der Waals surface area contributed by atoms with Gasteiger partial charge in [-0.3, -0.25) is 4.79 Å². The summed E-state index contributed by atoms with van der Waals surface area (Å²) in [5.74, 6) is 1.46. The molecule has 1 unspecified atom stereocenters. The minimum absolute atomic E-state index is 0.181. The molecule has 0 saturated heterocycles. The van der Waals surface area contributed by atoms with Gasteiger partial charge in [0.1, 0.15) is 0 Å². The number of carbonyl (C=O) groups excluding carboxylic acids is 1. The van der Waals surface area contributed by atoms with Crippen LogP contribution in [0, 0.1) is 11.8 Å². The molecule has 0 heterocycles. The number of amides is 1. The van der Waals surface area contributed by atoms with Crippen molar-refractivity contribution in [1.82, 2.24) is 5.32 Å². The highest BCUT2D eigenvalue weighted by Gasteiger charge is 2.21. The summed E-state index contributed by atoms with van der Waals surface area (Å²) in [6.07, 6.45) is 8.98. The zero-order valence-electron chi connectivity index (χ0n) is 11.1. The first-order chi connectivity index (χ1) is 8.24. The summed E-state index contributed by atoms with van der Waals surface area (Å²) in [7, 11) is 0. The Morgan fingerprint density at radius 3 is 2.65 bits per heavy atom. The monoisotopic (exact) mass is 241 g/mol. The van der Waals surface area contributed by atoms with Crippen LogP contribution in [-0.4, -0.2) is 24.2 Å². The summed E-state index contributed by atoms with van der Waals surface area (Å²) < 4.78 is 0. The normalized spacial score (nSPS) is 18.9. The molecule has 3 heteroatoms. The van der Waals surface area contributed by atoms with Crippen LogP contribution in [0.15, 0.2) is 0 Å². The molecule has 0 spiro atoms. The van der Waals surface area contributed by atoms with Crippen LogP contribution < -0.4 is 5.32 Å². The molecule has 2 N–H and O–H groups in total. The lowest BCUT2D eigenvalue weighted by atomic mass is 9.79. The van der Waals surface area contributed by atoms with Gasteiger partial charge in [-0.2, -0.15) is 0 Å². The van der Waals surface area contributed by atoms with E-state index in [1.807, 2.05) is 0 Å². The van der Waals surface area contributed by atoms with Gasteiger partial charge in [0, 0.05) is 19.6 Å². The third-order valence-corrected chi connectivity index (χ3v) is 3.87. The largest absolute Gasteiger partial charge is 0.396 e. The predicted octanol–water partition coefficient (Wildman–Crippen LogP) is 2.48. The van der Waals surface area contributed by atoms with Gasteiger partial charge in [0.25, 0.3) is 0 Å². The van der Waals surface area contributed by atoms with Gasteiger partial charge in [-0.25, -0.2) is 0 Å². The van der Waals surface area contributed by atoms with Crippen molar-refractivity contribution in [3.63, 3.8) is 0 Å². The summed E-state index contributed by atoms with van der Waals surface area (Å²) in [6.45, 7) is 3.13. The molecule has 1 atom stereocenters. The van der Waals surface area contributed by atoms with E-state index in [2.05, 4.69) is 12.2 Å². The van der Waals surface area contributed by atoms with Gasteiger partial charge >= 0.3 is 0 Å². The number of rotatable bonds is 7. The fraction of sp³-hybridized carbons (Fsp3) is 0.929. The van der Waals surface area contributed by atoms with E-state index in [0.717, 1.165) is 18.8 Å². The standard InChI is InChI=1S/C14H27NO2/c1-12(13-7-3-2-4-8-13)11-14(17)15-9-5-6-10-16/h12-13,16H,2-11H2,1H3,(H,15,17). The fourth-order valence-corrected chi connectivity index (χ4v) is 2.70. The van der Waals surface area contributed by atoms with Crippen molar-refractivity contribution in [1.29, 1.82) is 0 Å². The first-order valence-electron chi connectivity index (χ1n) is 7.11. The highest BCUT2D eigenvalue weighted by molar-refractivity contribution is 5.76. The van der Waals surface area contributed by atoms with Crippen LogP contribution in [0.5, 0.6) is 0 Å². The highest BCUT2D eigenvalue weighted by Crippen LogP contribution is 2.31. The molecule has 1 amide bonds. The molecule has 17 heavy (non-hydrogen) atoms. The Labute approximate surface area is 105 Å². The second kappa shape index (κ2) is 8.51. The maximum absolute atomic E-state index is 11.7. The number of carbonyl (C=O) groups is 1. The lowest BCUT2D eigenvalue weighted by molar-refractivity contribution is -0.122. The maximum Gasteiger partial charge on any atom is 0.220 e. The quantitative estimate of drug-likeness (QED) is 0.673. The van der Waals surface area contributed by atoms with E-state index in [-0.39, 0.29) is 12.5 Å². The summed E-state index contributed by atoms with van der Waals surface area (Å²) in [5, 5.41) is 11.6. The van der Waals surface area contributed by atoms with Crippen LogP contribution in [0.3, 0.4) is 0 Å². The summed E-state index contributed by atoms with van der Waals surface area (Å²) >= 11 is 0. The van der Waals surface area contributed by atoms with Gasteiger partial charge in [0.2, 0.25) is 5.91 Å². The topological polar surface area (TPSA) is 49.3 Å². The highest BCUT2D eigenvalue weighted by atomic mass is 16.2. The van der Waals surface area contributed by atoms with Crippen LogP contribution in [0.4, 0.5) is 0 Å². The van der Waals surface area contributed by atoms with Crippen molar-refractivity contribution >= 4 is 5.91 Å². The molecule has 3 nitrogen and oxygen atoms in total. The van der Waals surface area contributed by atoms with Gasteiger partial charge in [-0.05, 0) is 24.7 Å². The van der Waals surface area contributed by atoms with Crippen molar-refractivity contribution in [2.75, 3.05) is 13.2 Å². The molecule has 0 aromatic heterocycles. The van der Waals surface area contributed by atoms with Crippen LogP contribution in [-0.2, 0) is 4.79 Å². The molecule has 0 aromatic rings. The molecule has 1 aliphatic rings. The van der Waals surface area contributed by atoms with Gasteiger partial charge in [0.05, 0.1) is 0 Å². The zero-order valence-corrected chi connectivity index (χ0v) is 11.1. The molecule has 1 saturated carbocycles. The molecular weight excluding hydrogens is 214 g/mol. The SMILES string of the molecule is CC(CC(=O)NCCCCO)C1CCCCC1. The fourth-order valence-electron chi connectivity index (χ4n) is 2.70. The van der Waals surface area contributed by atoms with E-state index in [0.29, 0.717) is 18.9 Å². The van der Waals surface area contributed by atoms with E-state index >= 15 is 0 Å². The number of unbranched alkanes of at least 4 members (excludes halogenated alkanes) is 1. The molecular formula is C14H27NO2. The van der Waals surface area contributed by atoms with Gasteiger partial charge in [-0.1, -0.05) is 39.0 Å². The third kappa shape index (κ3) is 6.06. The average Bonchev–Trinajstić information content (AvgIpc) is 2.36. The lowest BCUT2D eigenvalue weighted by Crippen LogP contribution is -2.28. The van der Waals surface area contributed by atoms with Crippen molar-refractivity contribution in [2.45, 2.75) is 58.3 Å². The second-order valence-corrected chi connectivity index (χ2v) is 5.36. The van der Waals surface area contributed by atoms with Crippen LogP contribution in [0.2, 0.25) is 0 Å². The van der Waals surface area contributed by atoms with Crippen LogP contribution in [0.25, 0.3) is 0 Å². The summed E-state index contributed by atoms with van der Waals surface area (Å²) in [4.78, 5) is 11.7. The number of nitrogens with one attached hydrogen (secondary N) is 1. The summed E-state index contributed by atoms with van der Waals surface area (Å²) in [6, 6.07) is 0. The lowest BCUT2D eigenvalue weighted by Gasteiger charge is -2.27. The Bertz CT molecular complexity index is 212. The summed E-state index contributed by atoms with van der Waals surface area (Å²) in [5.41, 5.74) is 0. The average molecular weight is 241 g/mol. The molecule has 0 bridgehead atoms. The van der Waals surface area contributed by atoms with E-state index in [1.54, 1.807) is 0 Å². The van der Waals surface area contributed by atoms with Gasteiger partial charge in [-0.15, -0.1) is 0 Å². The minimum Gasteiger partial charge on any atom is -0.396 e. The number of hydrogen-bond acceptors (Lipinski definition) is 2. The van der Waals surface area contributed by atoms with Crippen molar-refractivity contribution in [2.24, 2.45) is 11.8 Å². The van der Waals surface area contributed by atoms with Gasteiger partial charge in [0.15, 0.2) is 0 Å². The Balaban J connectivity index is 2.11. The smallest absolute Gasteiger partial charge is 0.220 e. The van der Waals surface area contributed by atoms with Crippen molar-refractivity contribution < 1.29 is 9.90 Å². The molecule has 0 aromatic carbocycles. The van der Waals surface area contributed by atoms with E-state index in [1.165, 1.54) is 32.1 Å². The van der Waals surface area contributed by atoms with Crippen molar-refractivity contribution in [3.05, 3.63) is 0 Å². The van der Waals surface area contributed by atoms with Gasteiger partial charge < -0.3 is 10.4 Å². The maximum atomic E-state index is 11.7. The molecule has 100 valence electrons. The number of aliphatic hydroxyl groups excluding tert-OH is 1. The van der Waals surface area contributed by atoms with Crippen molar-refractivity contribution in [3.8, 4) is 0 Å². The minimum atomic E-state index is 0.181. The molecule has 1 aliphatic carbocycles. The zero-order chi connectivity index (χ0) is 12.5. The number of hydrogen-bond donors (Lipinski definition) is 2. The molecule has 0 radical (unpaired) electrons. The van der Waals surface area contributed by atoms with E-state index < -0.39 is 0 Å². The van der Waals surface area contributed by atoms with Crippen LogP contribution in [0.1, 0.15) is 58.3 Å². The first-order valence-corrected chi connectivity index (χ1v) is 7.11. The molecule has 1 fully saturated rings. The van der Waals surface area contributed by atoms with E-state index in [4.69, 9.17) is 5.11 Å². The predicted molar refractivity (Wildman–Crippen MR) is 69.7 cm³/mol. The molecule has 1 rings (SSSR count). The first kappa shape index (κ1) is 14.5. The Hall–Kier alpha value is -0.570. The third-order valence-electron chi connectivity index (χ3n) is 3.87. The second-order valence-electron chi connectivity index (χ2n) is 5.36. The number of aliphatic hydroxyl groups is 1.